The minimum Gasteiger partial charge on any atom is -0.346 e. The quantitative estimate of drug-likeness (QED) is 0.776. The number of hydrogen-bond acceptors (Lipinski definition) is 4. The summed E-state index contributed by atoms with van der Waals surface area (Å²) in [6.45, 7) is 3.09. The summed E-state index contributed by atoms with van der Waals surface area (Å²) in [6.07, 6.45) is 7.75. The SMILES string of the molecule is N#CCCN1CCC(Cc2nc3c(cnc4[nH]ccc43)[nH]2)CC1. The van der Waals surface area contributed by atoms with Gasteiger partial charge in [-0.15, -0.1) is 0 Å². The molecular weight excluding hydrogens is 288 g/mol. The third kappa shape index (κ3) is 2.80. The van der Waals surface area contributed by atoms with Gasteiger partial charge in [-0.25, -0.2) is 9.97 Å². The van der Waals surface area contributed by atoms with Crippen LogP contribution in [0.5, 0.6) is 0 Å². The van der Waals surface area contributed by atoms with Gasteiger partial charge in [0.15, 0.2) is 0 Å². The number of aromatic nitrogens is 4. The van der Waals surface area contributed by atoms with E-state index in [1.54, 1.807) is 0 Å². The number of nitriles is 1. The van der Waals surface area contributed by atoms with Gasteiger partial charge < -0.3 is 14.9 Å². The molecule has 0 saturated carbocycles. The van der Waals surface area contributed by atoms with Crippen molar-refractivity contribution < 1.29 is 0 Å². The molecule has 0 aliphatic carbocycles. The zero-order valence-corrected chi connectivity index (χ0v) is 13.0. The molecule has 1 fully saturated rings. The molecule has 1 aliphatic heterocycles. The van der Waals surface area contributed by atoms with E-state index in [9.17, 15) is 0 Å². The van der Waals surface area contributed by atoms with E-state index < -0.39 is 0 Å². The van der Waals surface area contributed by atoms with Gasteiger partial charge in [-0.3, -0.25) is 0 Å². The lowest BCUT2D eigenvalue weighted by molar-refractivity contribution is 0.186. The van der Waals surface area contributed by atoms with Crippen LogP contribution in [0.3, 0.4) is 0 Å². The van der Waals surface area contributed by atoms with Gasteiger partial charge in [0.25, 0.3) is 0 Å². The lowest BCUT2D eigenvalue weighted by atomic mass is 9.93. The minimum absolute atomic E-state index is 0.633. The van der Waals surface area contributed by atoms with Crippen molar-refractivity contribution >= 4 is 22.1 Å². The maximum absolute atomic E-state index is 8.68. The highest BCUT2D eigenvalue weighted by Gasteiger charge is 2.20. The molecule has 0 atom stereocenters. The van der Waals surface area contributed by atoms with Crippen LogP contribution in [0.2, 0.25) is 0 Å². The van der Waals surface area contributed by atoms with Crippen molar-refractivity contribution in [2.75, 3.05) is 19.6 Å². The third-order valence-corrected chi connectivity index (χ3v) is 4.81. The number of rotatable bonds is 4. The predicted molar refractivity (Wildman–Crippen MR) is 88.8 cm³/mol. The highest BCUT2D eigenvalue weighted by atomic mass is 15.1. The molecule has 6 heteroatoms. The van der Waals surface area contributed by atoms with Crippen molar-refractivity contribution in [3.63, 3.8) is 0 Å². The number of imidazole rings is 1. The summed E-state index contributed by atoms with van der Waals surface area (Å²) >= 11 is 0. The molecule has 6 nitrogen and oxygen atoms in total. The van der Waals surface area contributed by atoms with E-state index in [2.05, 4.69) is 25.9 Å². The number of likely N-dealkylation sites (tertiary alicyclic amines) is 1. The highest BCUT2D eigenvalue weighted by molar-refractivity contribution is 6.00. The van der Waals surface area contributed by atoms with Crippen LogP contribution in [0, 0.1) is 17.2 Å². The highest BCUT2D eigenvalue weighted by Crippen LogP contribution is 2.24. The Morgan fingerprint density at radius 1 is 1.35 bits per heavy atom. The summed E-state index contributed by atoms with van der Waals surface area (Å²) < 4.78 is 0. The number of pyridine rings is 1. The lowest BCUT2D eigenvalue weighted by Crippen LogP contribution is -2.35. The fourth-order valence-corrected chi connectivity index (χ4v) is 3.52. The van der Waals surface area contributed by atoms with E-state index in [0.717, 1.165) is 53.9 Å². The van der Waals surface area contributed by atoms with Crippen molar-refractivity contribution in [1.82, 2.24) is 24.8 Å². The number of H-pyrrole nitrogens is 2. The first kappa shape index (κ1) is 14.2. The molecule has 0 radical (unpaired) electrons. The Bertz CT molecular complexity index is 847. The van der Waals surface area contributed by atoms with Gasteiger partial charge in [-0.05, 0) is 37.9 Å². The second-order valence-corrected chi connectivity index (χ2v) is 6.34. The molecule has 2 N–H and O–H groups in total. The number of piperidine rings is 1. The van der Waals surface area contributed by atoms with E-state index in [1.165, 1.54) is 12.8 Å². The number of nitrogens with one attached hydrogen (secondary N) is 2. The summed E-state index contributed by atoms with van der Waals surface area (Å²) in [4.78, 5) is 18.2. The molecule has 0 aromatic carbocycles. The Balaban J connectivity index is 1.45. The summed E-state index contributed by atoms with van der Waals surface area (Å²) in [5.74, 6) is 1.73. The molecule has 0 amide bonds. The van der Waals surface area contributed by atoms with Crippen molar-refractivity contribution in [2.24, 2.45) is 5.92 Å². The summed E-state index contributed by atoms with van der Waals surface area (Å²) in [7, 11) is 0. The van der Waals surface area contributed by atoms with Gasteiger partial charge >= 0.3 is 0 Å². The minimum atomic E-state index is 0.633. The number of hydrogen-bond donors (Lipinski definition) is 2. The van der Waals surface area contributed by atoms with Gasteiger partial charge in [-0.2, -0.15) is 5.26 Å². The Hall–Kier alpha value is -2.39. The van der Waals surface area contributed by atoms with E-state index in [4.69, 9.17) is 10.2 Å². The molecule has 0 bridgehead atoms. The number of fused-ring (bicyclic) bond motifs is 3. The second kappa shape index (κ2) is 6.01. The average Bonchev–Trinajstić information content (AvgIpc) is 3.19. The summed E-state index contributed by atoms with van der Waals surface area (Å²) in [5.41, 5.74) is 2.91. The smallest absolute Gasteiger partial charge is 0.139 e. The maximum atomic E-state index is 8.68. The predicted octanol–water partition coefficient (Wildman–Crippen LogP) is 2.61. The fraction of sp³-hybridized carbons (Fsp3) is 0.471. The number of aromatic amines is 2. The van der Waals surface area contributed by atoms with Crippen LogP contribution in [0.15, 0.2) is 18.5 Å². The maximum Gasteiger partial charge on any atom is 0.139 e. The average molecular weight is 308 g/mol. The van der Waals surface area contributed by atoms with Crippen LogP contribution in [-0.2, 0) is 6.42 Å². The third-order valence-electron chi connectivity index (χ3n) is 4.81. The molecule has 4 heterocycles. The van der Waals surface area contributed by atoms with Gasteiger partial charge in [0.1, 0.15) is 17.0 Å². The van der Waals surface area contributed by atoms with E-state index >= 15 is 0 Å². The van der Waals surface area contributed by atoms with E-state index in [1.807, 2.05) is 18.5 Å². The molecule has 3 aromatic rings. The van der Waals surface area contributed by atoms with Crippen LogP contribution in [0.25, 0.3) is 22.1 Å². The molecular formula is C17H20N6. The summed E-state index contributed by atoms with van der Waals surface area (Å²) in [5, 5.41) is 9.76. The van der Waals surface area contributed by atoms with E-state index in [0.29, 0.717) is 12.3 Å². The monoisotopic (exact) mass is 308 g/mol. The molecule has 1 aliphatic rings. The molecule has 1 saturated heterocycles. The first-order valence-electron chi connectivity index (χ1n) is 8.23. The van der Waals surface area contributed by atoms with Crippen molar-refractivity contribution in [3.05, 3.63) is 24.3 Å². The second-order valence-electron chi connectivity index (χ2n) is 6.34. The number of nitrogens with zero attached hydrogens (tertiary/aromatic N) is 4. The first-order valence-corrected chi connectivity index (χ1v) is 8.23. The zero-order chi connectivity index (χ0) is 15.6. The van der Waals surface area contributed by atoms with Gasteiger partial charge in [-0.1, -0.05) is 0 Å². The van der Waals surface area contributed by atoms with Crippen molar-refractivity contribution in [3.8, 4) is 6.07 Å². The van der Waals surface area contributed by atoms with Gasteiger partial charge in [0.05, 0.1) is 17.8 Å². The topological polar surface area (TPSA) is 84.4 Å². The Morgan fingerprint density at radius 3 is 3.04 bits per heavy atom. The van der Waals surface area contributed by atoms with Crippen molar-refractivity contribution in [1.29, 1.82) is 5.26 Å². The molecule has 0 spiro atoms. The Labute approximate surface area is 134 Å². The zero-order valence-electron chi connectivity index (χ0n) is 13.0. The fourth-order valence-electron chi connectivity index (χ4n) is 3.52. The molecule has 118 valence electrons. The first-order chi connectivity index (χ1) is 11.3. The van der Waals surface area contributed by atoms with E-state index in [-0.39, 0.29) is 0 Å². The normalized spacial score (nSPS) is 17.0. The largest absolute Gasteiger partial charge is 0.346 e. The Morgan fingerprint density at radius 2 is 2.22 bits per heavy atom. The van der Waals surface area contributed by atoms with Crippen LogP contribution >= 0.6 is 0 Å². The Kier molecular flexibility index (Phi) is 3.72. The van der Waals surface area contributed by atoms with Crippen LogP contribution in [0.4, 0.5) is 0 Å². The van der Waals surface area contributed by atoms with Gasteiger partial charge in [0, 0.05) is 31.0 Å². The molecule has 0 unspecified atom stereocenters. The van der Waals surface area contributed by atoms with Crippen LogP contribution < -0.4 is 0 Å². The van der Waals surface area contributed by atoms with Crippen LogP contribution in [-0.4, -0.2) is 44.5 Å². The van der Waals surface area contributed by atoms with Crippen molar-refractivity contribution in [2.45, 2.75) is 25.7 Å². The molecule has 4 rings (SSSR count). The molecule has 23 heavy (non-hydrogen) atoms. The summed E-state index contributed by atoms with van der Waals surface area (Å²) in [6, 6.07) is 4.26. The standard InChI is InChI=1S/C17H20N6/c18-5-1-7-23-8-3-12(4-9-23)10-15-21-14-11-20-17-13(2-6-19-17)16(14)22-15/h2,6,11-12H,1,3-4,7-10H2,(H,19,20)(H,21,22). The molecule has 3 aromatic heterocycles. The van der Waals surface area contributed by atoms with Gasteiger partial charge in [0.2, 0.25) is 0 Å². The van der Waals surface area contributed by atoms with Crippen LogP contribution in [0.1, 0.15) is 25.1 Å². The lowest BCUT2D eigenvalue weighted by Gasteiger charge is -2.30.